The number of hydrogen-bond donors (Lipinski definition) is 0. The van der Waals surface area contributed by atoms with Crippen LogP contribution in [0.25, 0.3) is 0 Å². The molecule has 2 nitrogen and oxygen atoms in total. The Morgan fingerprint density at radius 2 is 1.83 bits per heavy atom. The number of alkyl halides is 2. The van der Waals surface area contributed by atoms with Crippen LogP contribution in [-0.2, 0) is 6.42 Å². The molecule has 0 aliphatic carbocycles. The molecule has 0 spiro atoms. The standard InChI is InChI=1S/C14H24Cl2N2/c1-11(2)7-14(9-15,10-16)8-13-5-6-18(17-13)12(3)4/h5-6,11-12H,7-10H2,1-4H3. The van der Waals surface area contributed by atoms with Crippen molar-refractivity contribution in [2.24, 2.45) is 11.3 Å². The molecule has 0 atom stereocenters. The molecule has 1 aromatic rings. The monoisotopic (exact) mass is 290 g/mol. The third-order valence-electron chi connectivity index (χ3n) is 3.16. The number of rotatable bonds is 7. The molecular weight excluding hydrogens is 267 g/mol. The van der Waals surface area contributed by atoms with Gasteiger partial charge in [0.1, 0.15) is 0 Å². The minimum absolute atomic E-state index is 0.0343. The SMILES string of the molecule is CC(C)CC(CCl)(CCl)Cc1ccn(C(C)C)n1. The van der Waals surface area contributed by atoms with E-state index in [0.717, 1.165) is 18.5 Å². The lowest BCUT2D eigenvalue weighted by Gasteiger charge is -2.30. The molecule has 0 aliphatic rings. The lowest BCUT2D eigenvalue weighted by Crippen LogP contribution is -2.30. The first-order valence-electron chi connectivity index (χ1n) is 6.58. The molecule has 0 bridgehead atoms. The van der Waals surface area contributed by atoms with Gasteiger partial charge in [-0.1, -0.05) is 13.8 Å². The van der Waals surface area contributed by atoms with Crippen molar-refractivity contribution in [3.8, 4) is 0 Å². The first-order valence-corrected chi connectivity index (χ1v) is 7.65. The number of aromatic nitrogens is 2. The Bertz CT molecular complexity index is 354. The molecule has 0 N–H and O–H groups in total. The summed E-state index contributed by atoms with van der Waals surface area (Å²) in [7, 11) is 0. The van der Waals surface area contributed by atoms with E-state index in [1.807, 2.05) is 10.9 Å². The molecule has 0 amide bonds. The molecule has 1 heterocycles. The minimum atomic E-state index is -0.0343. The normalized spacial score (nSPS) is 12.7. The second-order valence-electron chi connectivity index (χ2n) is 5.92. The average molecular weight is 291 g/mol. The maximum Gasteiger partial charge on any atom is 0.0631 e. The lowest BCUT2D eigenvalue weighted by atomic mass is 9.80. The van der Waals surface area contributed by atoms with Gasteiger partial charge >= 0.3 is 0 Å². The second kappa shape index (κ2) is 6.81. The largest absolute Gasteiger partial charge is 0.270 e. The molecule has 1 rings (SSSR count). The van der Waals surface area contributed by atoms with Crippen molar-refractivity contribution in [2.75, 3.05) is 11.8 Å². The van der Waals surface area contributed by atoms with Gasteiger partial charge in [0.05, 0.1) is 5.69 Å². The predicted molar refractivity (Wildman–Crippen MR) is 79.6 cm³/mol. The summed E-state index contributed by atoms with van der Waals surface area (Å²) in [5.41, 5.74) is 1.05. The zero-order valence-electron chi connectivity index (χ0n) is 11.8. The number of halogens is 2. The molecule has 0 fully saturated rings. The molecule has 0 radical (unpaired) electrons. The lowest BCUT2D eigenvalue weighted by molar-refractivity contribution is 0.291. The summed E-state index contributed by atoms with van der Waals surface area (Å²) < 4.78 is 1.98. The Balaban J connectivity index is 2.81. The van der Waals surface area contributed by atoms with E-state index in [1.54, 1.807) is 0 Å². The van der Waals surface area contributed by atoms with Gasteiger partial charge in [-0.25, -0.2) is 0 Å². The quantitative estimate of drug-likeness (QED) is 0.675. The van der Waals surface area contributed by atoms with Gasteiger partial charge in [-0.05, 0) is 38.7 Å². The van der Waals surface area contributed by atoms with E-state index >= 15 is 0 Å². The van der Waals surface area contributed by atoms with Crippen molar-refractivity contribution in [1.82, 2.24) is 9.78 Å². The van der Waals surface area contributed by atoms with Crippen molar-refractivity contribution in [2.45, 2.75) is 46.6 Å². The highest BCUT2D eigenvalue weighted by molar-refractivity contribution is 6.21. The number of nitrogens with zero attached hydrogens (tertiary/aromatic N) is 2. The van der Waals surface area contributed by atoms with Gasteiger partial charge < -0.3 is 0 Å². The van der Waals surface area contributed by atoms with E-state index in [0.29, 0.717) is 23.7 Å². The molecule has 18 heavy (non-hydrogen) atoms. The summed E-state index contributed by atoms with van der Waals surface area (Å²) >= 11 is 12.3. The molecule has 0 aliphatic heterocycles. The van der Waals surface area contributed by atoms with Crippen molar-refractivity contribution < 1.29 is 0 Å². The predicted octanol–water partition coefficient (Wildman–Crippen LogP) is 4.52. The molecule has 0 saturated heterocycles. The van der Waals surface area contributed by atoms with E-state index in [-0.39, 0.29) is 5.41 Å². The summed E-state index contributed by atoms with van der Waals surface area (Å²) in [6.45, 7) is 8.67. The summed E-state index contributed by atoms with van der Waals surface area (Å²) in [5, 5.41) is 4.60. The van der Waals surface area contributed by atoms with Crippen molar-refractivity contribution in [3.63, 3.8) is 0 Å². The summed E-state index contributed by atoms with van der Waals surface area (Å²) in [6.07, 6.45) is 3.93. The highest BCUT2D eigenvalue weighted by Crippen LogP contribution is 2.33. The summed E-state index contributed by atoms with van der Waals surface area (Å²) in [5.74, 6) is 1.77. The Morgan fingerprint density at radius 1 is 1.22 bits per heavy atom. The molecule has 1 aromatic heterocycles. The maximum absolute atomic E-state index is 6.17. The van der Waals surface area contributed by atoms with Gasteiger partial charge in [0.25, 0.3) is 0 Å². The van der Waals surface area contributed by atoms with Crippen LogP contribution in [0.3, 0.4) is 0 Å². The second-order valence-corrected chi connectivity index (χ2v) is 6.46. The van der Waals surface area contributed by atoms with E-state index in [1.165, 1.54) is 0 Å². The highest BCUT2D eigenvalue weighted by Gasteiger charge is 2.30. The van der Waals surface area contributed by atoms with Gasteiger partial charge in [-0.3, -0.25) is 4.68 Å². The average Bonchev–Trinajstić information content (AvgIpc) is 2.76. The van der Waals surface area contributed by atoms with Crippen LogP contribution in [0.1, 0.15) is 45.9 Å². The molecule has 4 heteroatoms. The van der Waals surface area contributed by atoms with Crippen LogP contribution in [0.5, 0.6) is 0 Å². The Hall–Kier alpha value is -0.210. The van der Waals surface area contributed by atoms with Gasteiger partial charge in [-0.2, -0.15) is 5.10 Å². The van der Waals surface area contributed by atoms with E-state index in [9.17, 15) is 0 Å². The van der Waals surface area contributed by atoms with E-state index in [4.69, 9.17) is 23.2 Å². The zero-order chi connectivity index (χ0) is 13.8. The molecule has 0 unspecified atom stereocenters. The van der Waals surface area contributed by atoms with Gasteiger partial charge in [-0.15, -0.1) is 23.2 Å². The van der Waals surface area contributed by atoms with Crippen molar-refractivity contribution >= 4 is 23.2 Å². The molecule has 0 aromatic carbocycles. The topological polar surface area (TPSA) is 17.8 Å². The molecule has 0 saturated carbocycles. The summed E-state index contributed by atoms with van der Waals surface area (Å²) in [4.78, 5) is 0. The molecular formula is C14H24Cl2N2. The van der Waals surface area contributed by atoms with Gasteiger partial charge in [0, 0.05) is 29.4 Å². The zero-order valence-corrected chi connectivity index (χ0v) is 13.3. The fourth-order valence-corrected chi connectivity index (χ4v) is 3.01. The molecule has 104 valence electrons. The van der Waals surface area contributed by atoms with Crippen LogP contribution in [0.2, 0.25) is 0 Å². The number of hydrogen-bond acceptors (Lipinski definition) is 1. The fraction of sp³-hybridized carbons (Fsp3) is 0.786. The van der Waals surface area contributed by atoms with Crippen LogP contribution >= 0.6 is 23.2 Å². The van der Waals surface area contributed by atoms with Crippen LogP contribution in [0, 0.1) is 11.3 Å². The maximum atomic E-state index is 6.17. The van der Waals surface area contributed by atoms with Gasteiger partial charge in [0.2, 0.25) is 0 Å². The third-order valence-corrected chi connectivity index (χ3v) is 4.29. The first kappa shape index (κ1) is 15.8. The van der Waals surface area contributed by atoms with E-state index < -0.39 is 0 Å². The van der Waals surface area contributed by atoms with Crippen LogP contribution < -0.4 is 0 Å². The van der Waals surface area contributed by atoms with Crippen LogP contribution in [-0.4, -0.2) is 21.5 Å². The third kappa shape index (κ3) is 4.17. The van der Waals surface area contributed by atoms with E-state index in [2.05, 4.69) is 38.9 Å². The summed E-state index contributed by atoms with van der Waals surface area (Å²) in [6, 6.07) is 2.47. The Morgan fingerprint density at radius 3 is 2.22 bits per heavy atom. The van der Waals surface area contributed by atoms with Crippen LogP contribution in [0.4, 0.5) is 0 Å². The highest BCUT2D eigenvalue weighted by atomic mass is 35.5. The first-order chi connectivity index (χ1) is 8.42. The smallest absolute Gasteiger partial charge is 0.0631 e. The fourth-order valence-electron chi connectivity index (χ4n) is 2.32. The van der Waals surface area contributed by atoms with Crippen LogP contribution in [0.15, 0.2) is 12.3 Å². The van der Waals surface area contributed by atoms with Gasteiger partial charge in [0.15, 0.2) is 0 Å². The minimum Gasteiger partial charge on any atom is -0.270 e. The Labute approximate surface area is 121 Å². The Kier molecular flexibility index (Phi) is 6.00. The van der Waals surface area contributed by atoms with Crippen molar-refractivity contribution in [3.05, 3.63) is 18.0 Å². The van der Waals surface area contributed by atoms with Crippen molar-refractivity contribution in [1.29, 1.82) is 0 Å².